The Bertz CT molecular complexity index is 384. The average molecular weight is 405 g/mol. The number of halogens is 1. The largest absolute Gasteiger partial charge is 0.375 e. The number of nitrogens with zero attached hydrogens (tertiary/aromatic N) is 2. The number of rotatable bonds is 8. The van der Waals surface area contributed by atoms with Gasteiger partial charge in [-0.15, -0.1) is 24.0 Å². The molecule has 0 atom stereocenters. The van der Waals surface area contributed by atoms with Gasteiger partial charge in [0, 0.05) is 27.2 Å². The van der Waals surface area contributed by atoms with Crippen LogP contribution in [0.4, 0.5) is 0 Å². The Hall–Kier alpha value is -0.820. The molecule has 5 heteroatoms. The highest BCUT2D eigenvalue weighted by molar-refractivity contribution is 14.0. The van der Waals surface area contributed by atoms with Gasteiger partial charge >= 0.3 is 0 Å². The lowest BCUT2D eigenvalue weighted by atomic mass is 10.2. The summed E-state index contributed by atoms with van der Waals surface area (Å²) in [4.78, 5) is 6.43. The van der Waals surface area contributed by atoms with Crippen molar-refractivity contribution in [2.75, 3.05) is 33.8 Å². The molecule has 1 aromatic carbocycles. The first kappa shape index (κ1) is 20.2. The van der Waals surface area contributed by atoms with Gasteiger partial charge in [-0.3, -0.25) is 4.99 Å². The van der Waals surface area contributed by atoms with E-state index in [4.69, 9.17) is 4.74 Å². The standard InChI is InChI=1S/C16H27N3O.HI/c1-4-5-12-19(3)16(17-2)18-11-13-20-14-15-9-7-6-8-10-15;/h6-10H,4-5,11-14H2,1-3H3,(H,17,18);1H. The molecule has 0 aliphatic heterocycles. The number of ether oxygens (including phenoxy) is 1. The van der Waals surface area contributed by atoms with Gasteiger partial charge in [-0.2, -0.15) is 0 Å². The van der Waals surface area contributed by atoms with Crippen molar-refractivity contribution in [2.45, 2.75) is 26.4 Å². The molecule has 0 saturated heterocycles. The van der Waals surface area contributed by atoms with E-state index in [2.05, 4.69) is 41.3 Å². The minimum absolute atomic E-state index is 0. The lowest BCUT2D eigenvalue weighted by Crippen LogP contribution is -2.40. The summed E-state index contributed by atoms with van der Waals surface area (Å²) >= 11 is 0. The molecule has 1 rings (SSSR count). The Kier molecular flexibility index (Phi) is 12.4. The van der Waals surface area contributed by atoms with Crippen molar-refractivity contribution in [2.24, 2.45) is 4.99 Å². The molecule has 0 fully saturated rings. The zero-order valence-corrected chi connectivity index (χ0v) is 15.7. The van der Waals surface area contributed by atoms with Gasteiger partial charge in [0.25, 0.3) is 0 Å². The highest BCUT2D eigenvalue weighted by Crippen LogP contribution is 1.99. The first-order valence-electron chi connectivity index (χ1n) is 7.31. The molecule has 0 aromatic heterocycles. The van der Waals surface area contributed by atoms with Crippen LogP contribution in [0.1, 0.15) is 25.3 Å². The number of nitrogens with one attached hydrogen (secondary N) is 1. The summed E-state index contributed by atoms with van der Waals surface area (Å²) < 4.78 is 5.64. The van der Waals surface area contributed by atoms with Crippen LogP contribution in [0.5, 0.6) is 0 Å². The van der Waals surface area contributed by atoms with Gasteiger partial charge in [-0.1, -0.05) is 43.7 Å². The first-order chi connectivity index (χ1) is 9.77. The normalized spacial score (nSPS) is 10.9. The summed E-state index contributed by atoms with van der Waals surface area (Å²) in [7, 11) is 3.88. The van der Waals surface area contributed by atoms with Gasteiger partial charge in [0.1, 0.15) is 0 Å². The number of benzene rings is 1. The van der Waals surface area contributed by atoms with Crippen molar-refractivity contribution in [3.8, 4) is 0 Å². The van der Waals surface area contributed by atoms with Crippen LogP contribution in [0.25, 0.3) is 0 Å². The molecular formula is C16H28IN3O. The fourth-order valence-electron chi connectivity index (χ4n) is 1.89. The topological polar surface area (TPSA) is 36.9 Å². The van der Waals surface area contributed by atoms with Gasteiger partial charge in [-0.05, 0) is 12.0 Å². The number of hydrogen-bond acceptors (Lipinski definition) is 2. The highest BCUT2D eigenvalue weighted by atomic mass is 127. The van der Waals surface area contributed by atoms with Gasteiger partial charge in [0.15, 0.2) is 5.96 Å². The number of unbranched alkanes of at least 4 members (excludes halogenated alkanes) is 1. The predicted octanol–water partition coefficient (Wildman–Crippen LogP) is 3.13. The molecule has 0 bridgehead atoms. The lowest BCUT2D eigenvalue weighted by Gasteiger charge is -2.21. The Labute approximate surface area is 146 Å². The zero-order valence-electron chi connectivity index (χ0n) is 13.3. The van der Waals surface area contributed by atoms with E-state index in [1.165, 1.54) is 18.4 Å². The molecule has 120 valence electrons. The average Bonchev–Trinajstić information content (AvgIpc) is 2.49. The van der Waals surface area contributed by atoms with Crippen LogP contribution in [0.15, 0.2) is 35.3 Å². The zero-order chi connectivity index (χ0) is 14.6. The molecule has 0 unspecified atom stereocenters. The van der Waals surface area contributed by atoms with Crippen molar-refractivity contribution in [3.05, 3.63) is 35.9 Å². The summed E-state index contributed by atoms with van der Waals surface area (Å²) in [6.45, 7) is 5.33. The molecule has 0 aliphatic rings. The maximum absolute atomic E-state index is 5.64. The van der Waals surface area contributed by atoms with Crippen LogP contribution < -0.4 is 5.32 Å². The Morgan fingerprint density at radius 3 is 2.62 bits per heavy atom. The Morgan fingerprint density at radius 1 is 1.29 bits per heavy atom. The fraction of sp³-hybridized carbons (Fsp3) is 0.562. The van der Waals surface area contributed by atoms with E-state index >= 15 is 0 Å². The predicted molar refractivity (Wildman–Crippen MR) is 100 cm³/mol. The maximum Gasteiger partial charge on any atom is 0.193 e. The van der Waals surface area contributed by atoms with Crippen molar-refractivity contribution >= 4 is 29.9 Å². The van der Waals surface area contributed by atoms with E-state index < -0.39 is 0 Å². The van der Waals surface area contributed by atoms with Crippen molar-refractivity contribution < 1.29 is 4.74 Å². The highest BCUT2D eigenvalue weighted by Gasteiger charge is 2.03. The lowest BCUT2D eigenvalue weighted by molar-refractivity contribution is 0.125. The van der Waals surface area contributed by atoms with E-state index in [1.807, 2.05) is 25.2 Å². The summed E-state index contributed by atoms with van der Waals surface area (Å²) in [6.07, 6.45) is 2.38. The van der Waals surface area contributed by atoms with Crippen LogP contribution in [0.3, 0.4) is 0 Å². The van der Waals surface area contributed by atoms with Crippen LogP contribution in [0, 0.1) is 0 Å². The molecular weight excluding hydrogens is 377 g/mol. The van der Waals surface area contributed by atoms with E-state index in [0.717, 1.165) is 19.0 Å². The molecule has 0 radical (unpaired) electrons. The second-order valence-corrected chi connectivity index (χ2v) is 4.79. The number of hydrogen-bond donors (Lipinski definition) is 1. The summed E-state index contributed by atoms with van der Waals surface area (Å²) in [5.74, 6) is 0.932. The summed E-state index contributed by atoms with van der Waals surface area (Å²) in [5, 5.41) is 3.32. The monoisotopic (exact) mass is 405 g/mol. The smallest absolute Gasteiger partial charge is 0.193 e. The molecule has 0 heterocycles. The third-order valence-corrected chi connectivity index (χ3v) is 3.06. The third kappa shape index (κ3) is 8.93. The quantitative estimate of drug-likeness (QED) is 0.313. The van der Waals surface area contributed by atoms with Crippen LogP contribution in [-0.2, 0) is 11.3 Å². The van der Waals surface area contributed by atoms with E-state index in [-0.39, 0.29) is 24.0 Å². The summed E-state index contributed by atoms with van der Waals surface area (Å²) in [5.41, 5.74) is 1.21. The molecule has 0 saturated carbocycles. The second kappa shape index (κ2) is 12.9. The third-order valence-electron chi connectivity index (χ3n) is 3.06. The van der Waals surface area contributed by atoms with Crippen LogP contribution >= 0.6 is 24.0 Å². The van der Waals surface area contributed by atoms with Gasteiger partial charge in [0.2, 0.25) is 0 Å². The van der Waals surface area contributed by atoms with Crippen molar-refractivity contribution in [1.29, 1.82) is 0 Å². The minimum atomic E-state index is 0. The maximum atomic E-state index is 5.64. The van der Waals surface area contributed by atoms with Crippen LogP contribution in [-0.4, -0.2) is 44.7 Å². The molecule has 0 spiro atoms. The summed E-state index contributed by atoms with van der Waals surface area (Å²) in [6, 6.07) is 10.2. The second-order valence-electron chi connectivity index (χ2n) is 4.79. The van der Waals surface area contributed by atoms with Gasteiger partial charge < -0.3 is 15.0 Å². The number of aliphatic imine (C=N–C) groups is 1. The SMILES string of the molecule is CCCCN(C)C(=NC)NCCOCc1ccccc1.I. The first-order valence-corrected chi connectivity index (χ1v) is 7.31. The van der Waals surface area contributed by atoms with Crippen LogP contribution in [0.2, 0.25) is 0 Å². The molecule has 1 aromatic rings. The molecule has 21 heavy (non-hydrogen) atoms. The Morgan fingerprint density at radius 2 is 2.00 bits per heavy atom. The fourth-order valence-corrected chi connectivity index (χ4v) is 1.89. The minimum Gasteiger partial charge on any atom is -0.375 e. The molecule has 0 amide bonds. The Balaban J connectivity index is 0.00000400. The van der Waals surface area contributed by atoms with E-state index in [0.29, 0.717) is 13.2 Å². The van der Waals surface area contributed by atoms with E-state index in [1.54, 1.807) is 0 Å². The van der Waals surface area contributed by atoms with Crippen molar-refractivity contribution in [3.63, 3.8) is 0 Å². The van der Waals surface area contributed by atoms with E-state index in [9.17, 15) is 0 Å². The van der Waals surface area contributed by atoms with Gasteiger partial charge in [-0.25, -0.2) is 0 Å². The molecule has 1 N–H and O–H groups in total. The van der Waals surface area contributed by atoms with Gasteiger partial charge in [0.05, 0.1) is 13.2 Å². The van der Waals surface area contributed by atoms with Crippen molar-refractivity contribution in [1.82, 2.24) is 10.2 Å². The number of guanidine groups is 1. The molecule has 0 aliphatic carbocycles. The molecule has 4 nitrogen and oxygen atoms in total.